The van der Waals surface area contributed by atoms with Crippen molar-refractivity contribution in [2.75, 3.05) is 5.32 Å². The predicted octanol–water partition coefficient (Wildman–Crippen LogP) is 3.05. The summed E-state index contributed by atoms with van der Waals surface area (Å²) in [6.45, 7) is 5.99. The third-order valence-corrected chi connectivity index (χ3v) is 2.46. The zero-order valence-electron chi connectivity index (χ0n) is 10.3. The number of benzene rings is 1. The lowest BCUT2D eigenvalue weighted by Crippen LogP contribution is -2.05. The fraction of sp³-hybridized carbons (Fsp3) is 0.308. The summed E-state index contributed by atoms with van der Waals surface area (Å²) in [6.07, 6.45) is 1.58. The highest BCUT2D eigenvalue weighted by atomic mass is 16.4. The van der Waals surface area contributed by atoms with E-state index < -0.39 is 0 Å². The van der Waals surface area contributed by atoms with Gasteiger partial charge in [0, 0.05) is 11.7 Å². The normalized spacial score (nSPS) is 12.5. The first-order valence-corrected chi connectivity index (χ1v) is 5.61. The number of rotatable bonds is 3. The molecule has 1 heterocycles. The zero-order chi connectivity index (χ0) is 12.4. The van der Waals surface area contributed by atoms with Gasteiger partial charge in [0.2, 0.25) is 0 Å². The van der Waals surface area contributed by atoms with Crippen LogP contribution in [-0.4, -0.2) is 4.98 Å². The molecule has 1 aromatic heterocycles. The number of aromatic nitrogens is 1. The quantitative estimate of drug-likeness (QED) is 0.852. The van der Waals surface area contributed by atoms with E-state index in [2.05, 4.69) is 30.2 Å². The van der Waals surface area contributed by atoms with Gasteiger partial charge in [0.1, 0.15) is 6.26 Å². The van der Waals surface area contributed by atoms with E-state index in [1.807, 2.05) is 19.1 Å². The maximum Gasteiger partial charge on any atom is 0.299 e. The van der Waals surface area contributed by atoms with Crippen LogP contribution in [0, 0.1) is 13.8 Å². The second-order valence-corrected chi connectivity index (χ2v) is 4.37. The first-order valence-electron chi connectivity index (χ1n) is 5.61. The summed E-state index contributed by atoms with van der Waals surface area (Å²) in [7, 11) is 0. The summed E-state index contributed by atoms with van der Waals surface area (Å²) in [5, 5.41) is 3.13. The SMILES string of the molecule is Cc1cc(C)cc(Nc2nc(C(C)N)co2)c1. The third kappa shape index (κ3) is 2.85. The van der Waals surface area contributed by atoms with Crippen molar-refractivity contribution < 1.29 is 4.42 Å². The molecule has 0 radical (unpaired) electrons. The molecule has 90 valence electrons. The number of aryl methyl sites for hydroxylation is 2. The molecule has 1 atom stereocenters. The van der Waals surface area contributed by atoms with Crippen LogP contribution in [0.3, 0.4) is 0 Å². The molecule has 0 amide bonds. The zero-order valence-corrected chi connectivity index (χ0v) is 10.3. The number of anilines is 2. The highest BCUT2D eigenvalue weighted by Crippen LogP contribution is 2.20. The molecule has 0 saturated carbocycles. The average Bonchev–Trinajstić information content (AvgIpc) is 2.64. The Hall–Kier alpha value is -1.81. The summed E-state index contributed by atoms with van der Waals surface area (Å²) in [4.78, 5) is 4.26. The van der Waals surface area contributed by atoms with E-state index in [0.29, 0.717) is 6.01 Å². The number of nitrogens with one attached hydrogen (secondary N) is 1. The van der Waals surface area contributed by atoms with Crippen LogP contribution < -0.4 is 11.1 Å². The lowest BCUT2D eigenvalue weighted by molar-refractivity contribution is 0.573. The second kappa shape index (κ2) is 4.59. The van der Waals surface area contributed by atoms with Crippen molar-refractivity contribution in [1.29, 1.82) is 0 Å². The van der Waals surface area contributed by atoms with Gasteiger partial charge in [-0.25, -0.2) is 0 Å². The molecule has 0 fully saturated rings. The van der Waals surface area contributed by atoms with Crippen molar-refractivity contribution in [3.63, 3.8) is 0 Å². The summed E-state index contributed by atoms with van der Waals surface area (Å²) >= 11 is 0. The van der Waals surface area contributed by atoms with E-state index in [1.165, 1.54) is 11.1 Å². The molecule has 0 aliphatic heterocycles. The molecule has 0 saturated heterocycles. The molecule has 0 aliphatic carbocycles. The Balaban J connectivity index is 2.19. The van der Waals surface area contributed by atoms with Gasteiger partial charge in [0.25, 0.3) is 6.01 Å². The van der Waals surface area contributed by atoms with E-state index in [4.69, 9.17) is 10.2 Å². The lowest BCUT2D eigenvalue weighted by Gasteiger charge is -2.04. The molecule has 0 aliphatic rings. The summed E-state index contributed by atoms with van der Waals surface area (Å²) in [6, 6.07) is 6.57. The fourth-order valence-electron chi connectivity index (χ4n) is 1.72. The minimum atomic E-state index is -0.117. The Morgan fingerprint density at radius 3 is 2.41 bits per heavy atom. The molecule has 17 heavy (non-hydrogen) atoms. The van der Waals surface area contributed by atoms with Crippen LogP contribution in [0.5, 0.6) is 0 Å². The van der Waals surface area contributed by atoms with Crippen LogP contribution in [0.25, 0.3) is 0 Å². The predicted molar refractivity (Wildman–Crippen MR) is 68.3 cm³/mol. The maximum atomic E-state index is 5.72. The largest absolute Gasteiger partial charge is 0.432 e. The Labute approximate surface area is 101 Å². The van der Waals surface area contributed by atoms with Crippen molar-refractivity contribution in [2.24, 2.45) is 5.73 Å². The lowest BCUT2D eigenvalue weighted by atomic mass is 10.1. The maximum absolute atomic E-state index is 5.72. The Kier molecular flexibility index (Phi) is 3.15. The highest BCUT2D eigenvalue weighted by Gasteiger charge is 2.07. The van der Waals surface area contributed by atoms with Gasteiger partial charge in [-0.3, -0.25) is 0 Å². The van der Waals surface area contributed by atoms with Crippen LogP contribution >= 0.6 is 0 Å². The molecular formula is C13H17N3O. The summed E-state index contributed by atoms with van der Waals surface area (Å²) < 4.78 is 5.31. The third-order valence-electron chi connectivity index (χ3n) is 2.46. The number of hydrogen-bond acceptors (Lipinski definition) is 4. The van der Waals surface area contributed by atoms with Crippen LogP contribution in [0.2, 0.25) is 0 Å². The average molecular weight is 231 g/mol. The molecule has 1 unspecified atom stereocenters. The Bertz CT molecular complexity index is 497. The molecule has 2 aromatic rings. The van der Waals surface area contributed by atoms with Gasteiger partial charge in [0.15, 0.2) is 0 Å². The van der Waals surface area contributed by atoms with E-state index >= 15 is 0 Å². The van der Waals surface area contributed by atoms with Crippen LogP contribution in [0.4, 0.5) is 11.7 Å². The molecule has 0 spiro atoms. The molecule has 2 rings (SSSR count). The first-order chi connectivity index (χ1) is 8.04. The number of nitrogens with zero attached hydrogens (tertiary/aromatic N) is 1. The Morgan fingerprint density at radius 1 is 1.24 bits per heavy atom. The number of hydrogen-bond donors (Lipinski definition) is 2. The highest BCUT2D eigenvalue weighted by molar-refractivity contribution is 5.55. The minimum absolute atomic E-state index is 0.117. The topological polar surface area (TPSA) is 64.1 Å². The van der Waals surface area contributed by atoms with E-state index in [-0.39, 0.29) is 6.04 Å². The number of oxazole rings is 1. The molecule has 0 bridgehead atoms. The Morgan fingerprint density at radius 2 is 1.88 bits per heavy atom. The fourth-order valence-corrected chi connectivity index (χ4v) is 1.72. The van der Waals surface area contributed by atoms with Gasteiger partial charge >= 0.3 is 0 Å². The molecule has 1 aromatic carbocycles. The van der Waals surface area contributed by atoms with Crippen molar-refractivity contribution in [3.05, 3.63) is 41.3 Å². The molecular weight excluding hydrogens is 214 g/mol. The minimum Gasteiger partial charge on any atom is -0.432 e. The van der Waals surface area contributed by atoms with E-state index in [9.17, 15) is 0 Å². The van der Waals surface area contributed by atoms with Gasteiger partial charge < -0.3 is 15.5 Å². The van der Waals surface area contributed by atoms with Gasteiger partial charge in [-0.15, -0.1) is 0 Å². The van der Waals surface area contributed by atoms with Crippen molar-refractivity contribution in [3.8, 4) is 0 Å². The van der Waals surface area contributed by atoms with Crippen molar-refractivity contribution in [2.45, 2.75) is 26.8 Å². The summed E-state index contributed by atoms with van der Waals surface area (Å²) in [5.41, 5.74) is 9.84. The van der Waals surface area contributed by atoms with Crippen LogP contribution in [0.1, 0.15) is 29.8 Å². The summed E-state index contributed by atoms with van der Waals surface area (Å²) in [5.74, 6) is 0. The van der Waals surface area contributed by atoms with Gasteiger partial charge in [-0.2, -0.15) is 4.98 Å². The monoisotopic (exact) mass is 231 g/mol. The molecule has 4 nitrogen and oxygen atoms in total. The van der Waals surface area contributed by atoms with E-state index in [1.54, 1.807) is 6.26 Å². The van der Waals surface area contributed by atoms with Gasteiger partial charge in [-0.05, 0) is 44.0 Å². The van der Waals surface area contributed by atoms with Crippen molar-refractivity contribution in [1.82, 2.24) is 4.98 Å². The molecule has 4 heteroatoms. The van der Waals surface area contributed by atoms with Crippen LogP contribution in [-0.2, 0) is 0 Å². The second-order valence-electron chi connectivity index (χ2n) is 4.37. The van der Waals surface area contributed by atoms with Gasteiger partial charge in [0.05, 0.1) is 5.69 Å². The van der Waals surface area contributed by atoms with E-state index in [0.717, 1.165) is 11.4 Å². The standard InChI is InChI=1S/C13H17N3O/c1-8-4-9(2)6-11(5-8)15-13-16-12(7-17-13)10(3)14/h4-7,10H,14H2,1-3H3,(H,15,16). The van der Waals surface area contributed by atoms with Crippen LogP contribution in [0.15, 0.2) is 28.9 Å². The van der Waals surface area contributed by atoms with Crippen molar-refractivity contribution >= 4 is 11.7 Å². The number of nitrogens with two attached hydrogens (primary N) is 1. The first kappa shape index (κ1) is 11.7. The van der Waals surface area contributed by atoms with Gasteiger partial charge in [-0.1, -0.05) is 6.07 Å². The molecule has 3 N–H and O–H groups in total. The smallest absolute Gasteiger partial charge is 0.299 e.